The number of carbonyl (C=O) groups is 1. The number of nitrogens with one attached hydrogen (secondary N) is 1. The molecule has 0 spiro atoms. The quantitative estimate of drug-likeness (QED) is 0.642. The van der Waals surface area contributed by atoms with Crippen molar-refractivity contribution >= 4 is 21.6 Å². The molecule has 12 heteroatoms. The molecular formula is C20H18F6N2O3S. The molecule has 0 aromatic heterocycles. The van der Waals surface area contributed by atoms with Crippen molar-refractivity contribution in [3.63, 3.8) is 0 Å². The Morgan fingerprint density at radius 3 is 1.84 bits per heavy atom. The lowest BCUT2D eigenvalue weighted by molar-refractivity contribution is -0.143. The highest BCUT2D eigenvalue weighted by molar-refractivity contribution is 7.89. The second kappa shape index (κ2) is 8.74. The first-order valence-electron chi connectivity index (χ1n) is 9.44. The summed E-state index contributed by atoms with van der Waals surface area (Å²) in [7, 11) is -3.76. The number of benzene rings is 2. The molecule has 5 nitrogen and oxygen atoms in total. The van der Waals surface area contributed by atoms with Gasteiger partial charge < -0.3 is 5.32 Å². The molecule has 32 heavy (non-hydrogen) atoms. The van der Waals surface area contributed by atoms with Crippen LogP contribution >= 0.6 is 0 Å². The maximum absolute atomic E-state index is 13.0. The molecule has 0 saturated carbocycles. The average Bonchev–Trinajstić information content (AvgIpc) is 2.73. The van der Waals surface area contributed by atoms with Gasteiger partial charge in [0.2, 0.25) is 15.9 Å². The second-order valence-electron chi connectivity index (χ2n) is 7.28. The molecule has 174 valence electrons. The molecule has 1 fully saturated rings. The van der Waals surface area contributed by atoms with Crippen molar-refractivity contribution in [1.29, 1.82) is 0 Å². The standard InChI is InChI=1S/C20H18F6N2O3S/c21-19(22,23)14-10-15(20(24,25)26)12-16(11-14)27-18(29)13-6-8-28(9-7-13)32(30,31)17-4-2-1-3-5-17/h1-5,10-13H,6-9H2,(H,27,29). The van der Waals surface area contributed by atoms with Gasteiger partial charge in [-0.1, -0.05) is 18.2 Å². The normalized spacial score (nSPS) is 16.7. The van der Waals surface area contributed by atoms with Crippen molar-refractivity contribution in [3.8, 4) is 0 Å². The highest BCUT2D eigenvalue weighted by atomic mass is 32.2. The molecule has 0 bridgehead atoms. The van der Waals surface area contributed by atoms with Crippen LogP contribution in [0, 0.1) is 5.92 Å². The largest absolute Gasteiger partial charge is 0.416 e. The zero-order chi connectivity index (χ0) is 23.7. The molecule has 0 aliphatic carbocycles. The first-order chi connectivity index (χ1) is 14.8. The van der Waals surface area contributed by atoms with Crippen molar-refractivity contribution in [3.05, 3.63) is 59.7 Å². The number of hydrogen-bond donors (Lipinski definition) is 1. The number of sulfonamides is 1. The van der Waals surface area contributed by atoms with Crippen LogP contribution in [0.5, 0.6) is 0 Å². The van der Waals surface area contributed by atoms with Gasteiger partial charge in [-0.15, -0.1) is 0 Å². The van der Waals surface area contributed by atoms with Crippen molar-refractivity contribution < 1.29 is 39.6 Å². The Morgan fingerprint density at radius 2 is 1.38 bits per heavy atom. The maximum Gasteiger partial charge on any atom is 0.416 e. The Morgan fingerprint density at radius 1 is 0.875 bits per heavy atom. The predicted octanol–water partition coefficient (Wildman–Crippen LogP) is 4.76. The third-order valence-electron chi connectivity index (χ3n) is 5.06. The van der Waals surface area contributed by atoms with Crippen LogP contribution in [0.4, 0.5) is 32.0 Å². The SMILES string of the molecule is O=C(Nc1cc(C(F)(F)F)cc(C(F)(F)F)c1)C1CCN(S(=O)(=O)c2ccccc2)CC1. The van der Waals surface area contributed by atoms with Crippen molar-refractivity contribution in [2.75, 3.05) is 18.4 Å². The molecule has 1 saturated heterocycles. The highest BCUT2D eigenvalue weighted by Crippen LogP contribution is 2.37. The molecule has 1 amide bonds. The summed E-state index contributed by atoms with van der Waals surface area (Å²) < 4.78 is 104. The van der Waals surface area contributed by atoms with Gasteiger partial charge in [0, 0.05) is 24.7 Å². The molecule has 0 unspecified atom stereocenters. The number of rotatable bonds is 4. The zero-order valence-electron chi connectivity index (χ0n) is 16.4. The third kappa shape index (κ3) is 5.41. The lowest BCUT2D eigenvalue weighted by Crippen LogP contribution is -2.41. The number of carbonyl (C=O) groups excluding carboxylic acids is 1. The van der Waals surface area contributed by atoms with Gasteiger partial charge in [0.1, 0.15) is 0 Å². The van der Waals surface area contributed by atoms with Crippen molar-refractivity contribution in [2.45, 2.75) is 30.1 Å². The Kier molecular flexibility index (Phi) is 6.57. The Labute approximate surface area is 180 Å². The fraction of sp³-hybridized carbons (Fsp3) is 0.350. The van der Waals surface area contributed by atoms with Gasteiger partial charge in [-0.05, 0) is 43.2 Å². The molecule has 1 aliphatic rings. The number of amides is 1. The van der Waals surface area contributed by atoms with Crippen LogP contribution in [-0.2, 0) is 27.2 Å². The van der Waals surface area contributed by atoms with Crippen LogP contribution in [0.15, 0.2) is 53.4 Å². The highest BCUT2D eigenvalue weighted by Gasteiger charge is 2.37. The molecule has 2 aromatic rings. The minimum Gasteiger partial charge on any atom is -0.326 e. The Bertz CT molecular complexity index is 1040. The molecule has 2 aromatic carbocycles. The molecule has 3 rings (SSSR count). The van der Waals surface area contributed by atoms with E-state index in [9.17, 15) is 39.6 Å². The number of anilines is 1. The van der Waals surface area contributed by atoms with Gasteiger partial charge in [0.15, 0.2) is 0 Å². The number of piperidine rings is 1. The van der Waals surface area contributed by atoms with Gasteiger partial charge in [-0.3, -0.25) is 4.79 Å². The van der Waals surface area contributed by atoms with Crippen LogP contribution in [0.2, 0.25) is 0 Å². The third-order valence-corrected chi connectivity index (χ3v) is 6.97. The molecule has 1 N–H and O–H groups in total. The molecule has 0 radical (unpaired) electrons. The first-order valence-corrected chi connectivity index (χ1v) is 10.9. The van der Waals surface area contributed by atoms with E-state index in [-0.39, 0.29) is 36.9 Å². The summed E-state index contributed by atoms with van der Waals surface area (Å²) in [6.45, 7) is -0.0165. The van der Waals surface area contributed by atoms with Crippen LogP contribution in [0.25, 0.3) is 0 Å². The summed E-state index contributed by atoms with van der Waals surface area (Å²) in [5.41, 5.74) is -3.70. The van der Waals surface area contributed by atoms with Crippen LogP contribution in [-0.4, -0.2) is 31.7 Å². The number of halogens is 6. The van der Waals surface area contributed by atoms with E-state index in [2.05, 4.69) is 5.32 Å². The monoisotopic (exact) mass is 480 g/mol. The number of hydrogen-bond acceptors (Lipinski definition) is 3. The fourth-order valence-electron chi connectivity index (χ4n) is 3.37. The van der Waals surface area contributed by atoms with Crippen LogP contribution < -0.4 is 5.32 Å². The van der Waals surface area contributed by atoms with Gasteiger partial charge in [-0.2, -0.15) is 30.6 Å². The predicted molar refractivity (Wildman–Crippen MR) is 103 cm³/mol. The van der Waals surface area contributed by atoms with E-state index in [4.69, 9.17) is 0 Å². The summed E-state index contributed by atoms with van der Waals surface area (Å²) in [5, 5.41) is 2.11. The minimum absolute atomic E-state index is 0.00823. The lowest BCUT2D eigenvalue weighted by atomic mass is 9.97. The van der Waals surface area contributed by atoms with Crippen molar-refractivity contribution in [1.82, 2.24) is 4.31 Å². The molecule has 1 heterocycles. The van der Waals surface area contributed by atoms with Crippen LogP contribution in [0.3, 0.4) is 0 Å². The zero-order valence-corrected chi connectivity index (χ0v) is 17.2. The van der Waals surface area contributed by atoms with Gasteiger partial charge in [0.25, 0.3) is 0 Å². The maximum atomic E-state index is 13.0. The van der Waals surface area contributed by atoms with E-state index in [0.717, 1.165) is 0 Å². The first kappa shape index (κ1) is 24.1. The van der Waals surface area contributed by atoms with Crippen molar-refractivity contribution in [2.24, 2.45) is 5.92 Å². The molecule has 0 atom stereocenters. The Balaban J connectivity index is 1.71. The summed E-state index contributed by atoms with van der Waals surface area (Å²) in [5.74, 6) is -1.53. The van der Waals surface area contributed by atoms with E-state index in [0.29, 0.717) is 12.1 Å². The topological polar surface area (TPSA) is 66.5 Å². The number of alkyl halides is 6. The summed E-state index contributed by atoms with van der Waals surface area (Å²) >= 11 is 0. The van der Waals surface area contributed by atoms with Gasteiger partial charge in [-0.25, -0.2) is 8.42 Å². The molecular weight excluding hydrogens is 462 g/mol. The summed E-state index contributed by atoms with van der Waals surface area (Å²) in [6, 6.07) is 8.50. The summed E-state index contributed by atoms with van der Waals surface area (Å²) in [6.07, 6.45) is -9.91. The lowest BCUT2D eigenvalue weighted by Gasteiger charge is -2.30. The smallest absolute Gasteiger partial charge is 0.326 e. The van der Waals surface area contributed by atoms with E-state index >= 15 is 0 Å². The summed E-state index contributed by atoms with van der Waals surface area (Å²) in [4.78, 5) is 12.6. The van der Waals surface area contributed by atoms with Gasteiger partial charge >= 0.3 is 12.4 Å². The number of nitrogens with zero attached hydrogens (tertiary/aromatic N) is 1. The molecule has 1 aliphatic heterocycles. The fourth-order valence-corrected chi connectivity index (χ4v) is 4.86. The van der Waals surface area contributed by atoms with E-state index < -0.39 is 51.0 Å². The second-order valence-corrected chi connectivity index (χ2v) is 9.21. The average molecular weight is 480 g/mol. The van der Waals surface area contributed by atoms with Crippen LogP contribution in [0.1, 0.15) is 24.0 Å². The van der Waals surface area contributed by atoms with E-state index in [1.807, 2.05) is 0 Å². The van der Waals surface area contributed by atoms with E-state index in [1.165, 1.54) is 16.4 Å². The van der Waals surface area contributed by atoms with E-state index in [1.54, 1.807) is 18.2 Å². The minimum atomic E-state index is -5.03. The Hall–Kier alpha value is -2.60. The van der Waals surface area contributed by atoms with Gasteiger partial charge in [0.05, 0.1) is 16.0 Å².